The van der Waals surface area contributed by atoms with Gasteiger partial charge in [-0.1, -0.05) is 42.5 Å². The molecule has 0 aliphatic rings. The summed E-state index contributed by atoms with van der Waals surface area (Å²) >= 11 is 0. The molecule has 9 heteroatoms. The van der Waals surface area contributed by atoms with E-state index in [-0.39, 0.29) is 30.2 Å². The first-order chi connectivity index (χ1) is 17.5. The second-order valence-corrected chi connectivity index (χ2v) is 8.38. The summed E-state index contributed by atoms with van der Waals surface area (Å²) < 4.78 is 22.0. The quantitative estimate of drug-likeness (QED) is 0.363. The van der Waals surface area contributed by atoms with Gasteiger partial charge >= 0.3 is 0 Å². The molecule has 5 rings (SSSR count). The van der Waals surface area contributed by atoms with Gasteiger partial charge in [0.15, 0.2) is 0 Å². The molecule has 0 unspecified atom stereocenters. The van der Waals surface area contributed by atoms with Crippen LogP contribution in [-0.4, -0.2) is 32.2 Å². The van der Waals surface area contributed by atoms with Crippen molar-refractivity contribution in [2.45, 2.75) is 25.9 Å². The van der Waals surface area contributed by atoms with E-state index in [0.29, 0.717) is 41.2 Å². The van der Waals surface area contributed by atoms with Gasteiger partial charge in [0.25, 0.3) is 5.56 Å². The van der Waals surface area contributed by atoms with Gasteiger partial charge in [0, 0.05) is 24.9 Å². The standard InChI is InChI=1S/C27H24FN5O3/c1-36-23-9-5-2-6-19(23)16-29-25(34)15-14-24-30-31-27-32(17-18-10-12-20(28)13-11-18)26(35)21-7-3-4-8-22(21)33(24)27/h2-13H,14-17H2,1H3,(H,29,34). The van der Waals surface area contributed by atoms with E-state index >= 15 is 0 Å². The van der Waals surface area contributed by atoms with Crippen LogP contribution in [0.15, 0.2) is 77.6 Å². The Labute approximate surface area is 206 Å². The zero-order valence-corrected chi connectivity index (χ0v) is 19.6. The Bertz CT molecular complexity index is 1610. The summed E-state index contributed by atoms with van der Waals surface area (Å²) in [6.45, 7) is 0.564. The van der Waals surface area contributed by atoms with Crippen LogP contribution in [0.3, 0.4) is 0 Å². The number of rotatable bonds is 8. The van der Waals surface area contributed by atoms with E-state index in [4.69, 9.17) is 4.74 Å². The molecule has 36 heavy (non-hydrogen) atoms. The monoisotopic (exact) mass is 485 g/mol. The first kappa shape index (κ1) is 23.2. The number of aryl methyl sites for hydroxylation is 1. The molecule has 0 radical (unpaired) electrons. The van der Waals surface area contributed by atoms with Crippen molar-refractivity contribution in [2.24, 2.45) is 0 Å². The highest BCUT2D eigenvalue weighted by molar-refractivity contribution is 5.80. The molecule has 0 saturated heterocycles. The Morgan fingerprint density at radius 2 is 1.75 bits per heavy atom. The van der Waals surface area contributed by atoms with E-state index in [2.05, 4.69) is 15.5 Å². The lowest BCUT2D eigenvalue weighted by molar-refractivity contribution is -0.121. The van der Waals surface area contributed by atoms with Gasteiger partial charge in [0.2, 0.25) is 11.7 Å². The smallest absolute Gasteiger partial charge is 0.263 e. The molecule has 0 aliphatic heterocycles. The van der Waals surface area contributed by atoms with Gasteiger partial charge in [-0.05, 0) is 35.9 Å². The number of ether oxygens (including phenoxy) is 1. The highest BCUT2D eigenvalue weighted by Crippen LogP contribution is 2.18. The fourth-order valence-corrected chi connectivity index (χ4v) is 4.25. The van der Waals surface area contributed by atoms with Crippen molar-refractivity contribution in [2.75, 3.05) is 7.11 Å². The number of hydrogen-bond acceptors (Lipinski definition) is 5. The third-order valence-electron chi connectivity index (χ3n) is 6.07. The molecule has 0 spiro atoms. The van der Waals surface area contributed by atoms with Crippen LogP contribution in [0.2, 0.25) is 0 Å². The van der Waals surface area contributed by atoms with Crippen LogP contribution in [0.25, 0.3) is 16.7 Å². The molecular formula is C27H24FN5O3. The number of hydrogen-bond donors (Lipinski definition) is 1. The number of halogens is 1. The van der Waals surface area contributed by atoms with Crippen LogP contribution >= 0.6 is 0 Å². The minimum atomic E-state index is -0.344. The number of fused-ring (bicyclic) bond motifs is 3. The highest BCUT2D eigenvalue weighted by atomic mass is 19.1. The molecule has 182 valence electrons. The van der Waals surface area contributed by atoms with Crippen molar-refractivity contribution in [3.63, 3.8) is 0 Å². The maximum absolute atomic E-state index is 13.4. The molecule has 0 aliphatic carbocycles. The summed E-state index contributed by atoms with van der Waals surface area (Å²) in [5.74, 6) is 1.17. The van der Waals surface area contributed by atoms with Gasteiger partial charge in [0.05, 0.1) is 24.6 Å². The van der Waals surface area contributed by atoms with Gasteiger partial charge in [0.1, 0.15) is 17.4 Å². The Morgan fingerprint density at radius 1 is 1.00 bits per heavy atom. The number of nitrogens with one attached hydrogen (secondary N) is 1. The molecule has 8 nitrogen and oxygen atoms in total. The number of nitrogens with zero attached hydrogens (tertiary/aromatic N) is 4. The Hall–Kier alpha value is -4.53. The molecule has 0 atom stereocenters. The number of carbonyl (C=O) groups is 1. The van der Waals surface area contributed by atoms with E-state index in [1.165, 1.54) is 16.7 Å². The molecule has 1 amide bonds. The molecule has 3 aromatic carbocycles. The lowest BCUT2D eigenvalue weighted by Crippen LogP contribution is -2.25. The topological polar surface area (TPSA) is 90.5 Å². The fraction of sp³-hybridized carbons (Fsp3) is 0.185. The van der Waals surface area contributed by atoms with Crippen molar-refractivity contribution in [3.05, 3.63) is 106 Å². The van der Waals surface area contributed by atoms with Gasteiger partial charge in [-0.2, -0.15) is 0 Å². The van der Waals surface area contributed by atoms with Crippen molar-refractivity contribution in [1.29, 1.82) is 0 Å². The summed E-state index contributed by atoms with van der Waals surface area (Å²) in [5, 5.41) is 12.0. The number of carbonyl (C=O) groups excluding carboxylic acids is 1. The Morgan fingerprint density at radius 3 is 2.56 bits per heavy atom. The van der Waals surface area contributed by atoms with Crippen LogP contribution in [0, 0.1) is 5.82 Å². The third-order valence-corrected chi connectivity index (χ3v) is 6.07. The molecule has 2 heterocycles. The highest BCUT2D eigenvalue weighted by Gasteiger charge is 2.17. The second-order valence-electron chi connectivity index (χ2n) is 8.38. The van der Waals surface area contributed by atoms with Gasteiger partial charge in [-0.3, -0.25) is 18.6 Å². The van der Waals surface area contributed by atoms with E-state index in [9.17, 15) is 14.0 Å². The number of benzene rings is 3. The van der Waals surface area contributed by atoms with Gasteiger partial charge < -0.3 is 10.1 Å². The zero-order chi connectivity index (χ0) is 25.1. The van der Waals surface area contributed by atoms with Crippen LogP contribution in [0.1, 0.15) is 23.4 Å². The van der Waals surface area contributed by atoms with Crippen molar-refractivity contribution < 1.29 is 13.9 Å². The van der Waals surface area contributed by atoms with Crippen LogP contribution < -0.4 is 15.6 Å². The van der Waals surface area contributed by atoms with Crippen molar-refractivity contribution in [1.82, 2.24) is 24.5 Å². The van der Waals surface area contributed by atoms with Crippen molar-refractivity contribution >= 4 is 22.6 Å². The third kappa shape index (κ3) is 4.55. The zero-order valence-electron chi connectivity index (χ0n) is 19.6. The summed E-state index contributed by atoms with van der Waals surface area (Å²) in [6.07, 6.45) is 0.527. The van der Waals surface area contributed by atoms with E-state index in [0.717, 1.165) is 11.1 Å². The van der Waals surface area contributed by atoms with E-state index in [1.54, 1.807) is 31.4 Å². The van der Waals surface area contributed by atoms with Gasteiger partial charge in [-0.25, -0.2) is 4.39 Å². The minimum absolute atomic E-state index is 0.137. The maximum atomic E-state index is 13.4. The average Bonchev–Trinajstić information content (AvgIpc) is 3.34. The van der Waals surface area contributed by atoms with Crippen LogP contribution in [0.5, 0.6) is 5.75 Å². The number of amides is 1. The summed E-state index contributed by atoms with van der Waals surface area (Å²) in [6, 6.07) is 20.7. The SMILES string of the molecule is COc1ccccc1CNC(=O)CCc1nnc2n(Cc3ccc(F)cc3)c(=O)c3ccccc3n12. The molecule has 1 N–H and O–H groups in total. The summed E-state index contributed by atoms with van der Waals surface area (Å²) in [7, 11) is 1.59. The Balaban J connectivity index is 1.42. The number of para-hydroxylation sites is 2. The molecule has 5 aromatic rings. The molecule has 0 bridgehead atoms. The lowest BCUT2D eigenvalue weighted by atomic mass is 10.2. The predicted octanol–water partition coefficient (Wildman–Crippen LogP) is 3.49. The fourth-order valence-electron chi connectivity index (χ4n) is 4.25. The van der Waals surface area contributed by atoms with Crippen molar-refractivity contribution in [3.8, 4) is 5.75 Å². The first-order valence-corrected chi connectivity index (χ1v) is 11.5. The van der Waals surface area contributed by atoms with Gasteiger partial charge in [-0.15, -0.1) is 10.2 Å². The maximum Gasteiger partial charge on any atom is 0.263 e. The molecule has 0 saturated carbocycles. The lowest BCUT2D eigenvalue weighted by Gasteiger charge is -2.12. The Kier molecular flexibility index (Phi) is 6.44. The molecule has 2 aromatic heterocycles. The number of methoxy groups -OCH3 is 1. The van der Waals surface area contributed by atoms with Crippen LogP contribution in [0.4, 0.5) is 4.39 Å². The second kappa shape index (κ2) is 9.99. The van der Waals surface area contributed by atoms with E-state index < -0.39 is 0 Å². The largest absolute Gasteiger partial charge is 0.496 e. The number of aromatic nitrogens is 4. The van der Waals surface area contributed by atoms with Crippen LogP contribution in [-0.2, 0) is 24.3 Å². The van der Waals surface area contributed by atoms with E-state index in [1.807, 2.05) is 40.8 Å². The summed E-state index contributed by atoms with van der Waals surface area (Å²) in [4.78, 5) is 25.9. The normalized spacial score (nSPS) is 11.2. The first-order valence-electron chi connectivity index (χ1n) is 11.5. The average molecular weight is 486 g/mol. The molecular weight excluding hydrogens is 461 g/mol. The predicted molar refractivity (Wildman–Crippen MR) is 133 cm³/mol. The molecule has 0 fully saturated rings. The summed E-state index contributed by atoms with van der Waals surface area (Å²) in [5.41, 5.74) is 2.10. The minimum Gasteiger partial charge on any atom is -0.496 e.